The Balaban J connectivity index is 1.71. The van der Waals surface area contributed by atoms with Crippen LogP contribution in [0.4, 0.5) is 0 Å². The molecule has 4 aromatic rings. The van der Waals surface area contributed by atoms with Crippen molar-refractivity contribution in [2.45, 2.75) is 20.8 Å². The highest BCUT2D eigenvalue weighted by Crippen LogP contribution is 2.29. The van der Waals surface area contributed by atoms with Gasteiger partial charge in [0.2, 0.25) is 0 Å². The van der Waals surface area contributed by atoms with Crippen molar-refractivity contribution in [1.82, 2.24) is 10.4 Å². The minimum absolute atomic E-state index is 0.235. The molecule has 0 bridgehead atoms. The smallest absolute Gasteiger partial charge is 0.267 e. The molecule has 0 saturated carbocycles. The molecule has 3 aromatic heterocycles. The lowest BCUT2D eigenvalue weighted by Gasteiger charge is -2.08. The quantitative estimate of drug-likeness (QED) is 0.345. The third-order valence-corrected chi connectivity index (χ3v) is 6.51. The van der Waals surface area contributed by atoms with Crippen LogP contribution in [0.5, 0.6) is 0 Å². The molecule has 1 amide bonds. The molecule has 0 spiro atoms. The Morgan fingerprint density at radius 3 is 2.46 bits per heavy atom. The number of aromatic nitrogens is 1. The first-order valence-electron chi connectivity index (χ1n) is 8.89. The highest BCUT2D eigenvalue weighted by atomic mass is 32.1. The molecule has 0 aliphatic carbocycles. The van der Waals surface area contributed by atoms with Crippen molar-refractivity contribution in [3.63, 3.8) is 0 Å². The molecule has 1 N–H and O–H groups in total. The predicted molar refractivity (Wildman–Crippen MR) is 119 cm³/mol. The number of nitrogens with zero attached hydrogens (tertiary/aromatic N) is 2. The van der Waals surface area contributed by atoms with E-state index in [0.29, 0.717) is 5.56 Å². The Kier molecular flexibility index (Phi) is 5.07. The Labute approximate surface area is 171 Å². The number of thiophene rings is 2. The molecule has 3 heterocycles. The summed E-state index contributed by atoms with van der Waals surface area (Å²) < 4.78 is 0. The molecule has 28 heavy (non-hydrogen) atoms. The van der Waals surface area contributed by atoms with Crippen LogP contribution in [0.2, 0.25) is 0 Å². The number of benzene rings is 1. The summed E-state index contributed by atoms with van der Waals surface area (Å²) in [5.74, 6) is -0.235. The maximum Gasteiger partial charge on any atom is 0.272 e. The molecule has 1 aromatic carbocycles. The van der Waals surface area contributed by atoms with Crippen LogP contribution >= 0.6 is 22.7 Å². The van der Waals surface area contributed by atoms with Crippen LogP contribution in [0, 0.1) is 13.8 Å². The van der Waals surface area contributed by atoms with E-state index in [1.807, 2.05) is 55.5 Å². The van der Waals surface area contributed by atoms with Gasteiger partial charge >= 0.3 is 0 Å². The molecule has 140 valence electrons. The largest absolute Gasteiger partial charge is 0.272 e. The summed E-state index contributed by atoms with van der Waals surface area (Å²) in [6.07, 6.45) is 0. The first-order chi connectivity index (χ1) is 13.5. The molecule has 0 atom stereocenters. The van der Waals surface area contributed by atoms with Gasteiger partial charge in [-0.25, -0.2) is 10.4 Å². The van der Waals surface area contributed by atoms with Gasteiger partial charge < -0.3 is 0 Å². The fourth-order valence-corrected chi connectivity index (χ4v) is 4.58. The number of aryl methyl sites for hydroxylation is 2. The second kappa shape index (κ2) is 7.66. The first-order valence-corrected chi connectivity index (χ1v) is 10.5. The number of rotatable bonds is 4. The van der Waals surface area contributed by atoms with Gasteiger partial charge in [-0.15, -0.1) is 22.7 Å². The van der Waals surface area contributed by atoms with Gasteiger partial charge in [0.1, 0.15) is 0 Å². The van der Waals surface area contributed by atoms with Crippen molar-refractivity contribution >= 4 is 45.2 Å². The predicted octanol–water partition coefficient (Wildman–Crippen LogP) is 5.80. The number of amides is 1. The van der Waals surface area contributed by atoms with Crippen LogP contribution in [-0.2, 0) is 0 Å². The summed E-state index contributed by atoms with van der Waals surface area (Å²) in [4.78, 5) is 22.2. The second-order valence-electron chi connectivity index (χ2n) is 6.53. The van der Waals surface area contributed by atoms with Crippen molar-refractivity contribution in [2.24, 2.45) is 5.10 Å². The van der Waals surface area contributed by atoms with Gasteiger partial charge in [0.25, 0.3) is 5.91 Å². The molecule has 0 unspecified atom stereocenters. The van der Waals surface area contributed by atoms with Crippen LogP contribution in [0.25, 0.3) is 21.5 Å². The van der Waals surface area contributed by atoms with E-state index in [9.17, 15) is 4.79 Å². The standard InChI is InChI=1S/C22H19N3OS2/c1-13-8-10-20(27-13)15(3)24-25-22(26)17-12-19(21-11-9-14(2)28-21)23-18-7-5-4-6-16(17)18/h4-12H,1-3H3,(H,25,26)/b24-15-. The number of hydrogen-bond donors (Lipinski definition) is 1. The van der Waals surface area contributed by atoms with E-state index in [-0.39, 0.29) is 5.91 Å². The van der Waals surface area contributed by atoms with Crippen LogP contribution in [0.3, 0.4) is 0 Å². The number of fused-ring (bicyclic) bond motifs is 1. The zero-order chi connectivity index (χ0) is 19.7. The maximum atomic E-state index is 12.9. The summed E-state index contributed by atoms with van der Waals surface area (Å²) in [7, 11) is 0. The lowest BCUT2D eigenvalue weighted by molar-refractivity contribution is 0.0956. The van der Waals surface area contributed by atoms with Gasteiger partial charge in [-0.05, 0) is 57.2 Å². The Morgan fingerprint density at radius 2 is 1.75 bits per heavy atom. The van der Waals surface area contributed by atoms with E-state index in [2.05, 4.69) is 30.4 Å². The fourth-order valence-electron chi connectivity index (χ4n) is 2.94. The fraction of sp³-hybridized carbons (Fsp3) is 0.136. The van der Waals surface area contributed by atoms with Gasteiger partial charge in [0.05, 0.1) is 32.2 Å². The van der Waals surface area contributed by atoms with Gasteiger partial charge in [-0.3, -0.25) is 4.79 Å². The summed E-state index contributed by atoms with van der Waals surface area (Å²) >= 11 is 3.32. The minimum Gasteiger partial charge on any atom is -0.267 e. The topological polar surface area (TPSA) is 54.4 Å². The van der Waals surface area contributed by atoms with E-state index in [1.54, 1.807) is 22.7 Å². The number of hydrogen-bond acceptors (Lipinski definition) is 5. The number of nitrogens with one attached hydrogen (secondary N) is 1. The zero-order valence-electron chi connectivity index (χ0n) is 15.8. The van der Waals surface area contributed by atoms with Crippen molar-refractivity contribution in [2.75, 3.05) is 0 Å². The molecule has 6 heteroatoms. The summed E-state index contributed by atoms with van der Waals surface area (Å²) in [6.45, 7) is 6.01. The van der Waals surface area contributed by atoms with Gasteiger partial charge in [-0.2, -0.15) is 5.10 Å². The molecule has 0 aliphatic rings. The number of carbonyl (C=O) groups is 1. The number of hydrazone groups is 1. The summed E-state index contributed by atoms with van der Waals surface area (Å²) in [6, 6.07) is 17.7. The van der Waals surface area contributed by atoms with E-state index in [4.69, 9.17) is 4.98 Å². The van der Waals surface area contributed by atoms with Crippen molar-refractivity contribution in [3.05, 3.63) is 74.8 Å². The van der Waals surface area contributed by atoms with Crippen LogP contribution in [0.1, 0.15) is 31.9 Å². The van der Waals surface area contributed by atoms with Gasteiger partial charge in [-0.1, -0.05) is 18.2 Å². The third kappa shape index (κ3) is 3.74. The van der Waals surface area contributed by atoms with E-state index in [0.717, 1.165) is 32.1 Å². The zero-order valence-corrected chi connectivity index (χ0v) is 17.4. The molecule has 4 nitrogen and oxygen atoms in total. The van der Waals surface area contributed by atoms with E-state index < -0.39 is 0 Å². The lowest BCUT2D eigenvalue weighted by Crippen LogP contribution is -2.19. The van der Waals surface area contributed by atoms with Crippen LogP contribution in [-0.4, -0.2) is 16.6 Å². The summed E-state index contributed by atoms with van der Waals surface area (Å²) in [5, 5.41) is 5.12. The Bertz CT molecular complexity index is 1200. The molecule has 0 fully saturated rings. The van der Waals surface area contributed by atoms with Crippen molar-refractivity contribution in [3.8, 4) is 10.6 Å². The molecule has 0 aliphatic heterocycles. The average molecular weight is 406 g/mol. The second-order valence-corrected chi connectivity index (χ2v) is 9.11. The normalized spacial score (nSPS) is 11.8. The number of pyridine rings is 1. The Morgan fingerprint density at radius 1 is 1.00 bits per heavy atom. The SMILES string of the molecule is C/C(=N/NC(=O)c1cc(-c2ccc(C)s2)nc2ccccc12)c1ccc(C)s1. The monoisotopic (exact) mass is 405 g/mol. The molecule has 0 saturated heterocycles. The van der Waals surface area contributed by atoms with Gasteiger partial charge in [0.15, 0.2) is 0 Å². The van der Waals surface area contributed by atoms with Crippen LogP contribution < -0.4 is 5.43 Å². The highest BCUT2D eigenvalue weighted by molar-refractivity contribution is 7.15. The summed E-state index contributed by atoms with van der Waals surface area (Å²) in [5.41, 5.74) is 5.68. The lowest BCUT2D eigenvalue weighted by atomic mass is 10.1. The first kappa shape index (κ1) is 18.5. The average Bonchev–Trinajstić information content (AvgIpc) is 3.33. The van der Waals surface area contributed by atoms with Crippen LogP contribution in [0.15, 0.2) is 59.7 Å². The van der Waals surface area contributed by atoms with Crippen molar-refractivity contribution in [1.29, 1.82) is 0 Å². The minimum atomic E-state index is -0.235. The Hall–Kier alpha value is -2.83. The van der Waals surface area contributed by atoms with E-state index in [1.165, 1.54) is 9.75 Å². The molecule has 0 radical (unpaired) electrons. The van der Waals surface area contributed by atoms with Crippen molar-refractivity contribution < 1.29 is 4.79 Å². The number of para-hydroxylation sites is 1. The molecular weight excluding hydrogens is 386 g/mol. The number of carbonyl (C=O) groups excluding carboxylic acids is 1. The maximum absolute atomic E-state index is 12.9. The molecule has 4 rings (SSSR count). The van der Waals surface area contributed by atoms with Gasteiger partial charge in [0, 0.05) is 15.1 Å². The van der Waals surface area contributed by atoms with E-state index >= 15 is 0 Å². The third-order valence-electron chi connectivity index (χ3n) is 4.38. The molecular formula is C22H19N3OS2. The highest BCUT2D eigenvalue weighted by Gasteiger charge is 2.14.